The summed E-state index contributed by atoms with van der Waals surface area (Å²) >= 11 is 0. The van der Waals surface area contributed by atoms with Crippen LogP contribution < -0.4 is 0 Å². The maximum atomic E-state index is 14.5. The molecule has 2 aromatic carbocycles. The minimum absolute atomic E-state index is 0.0205. The van der Waals surface area contributed by atoms with Crippen LogP contribution in [-0.2, 0) is 20.9 Å². The Morgan fingerprint density at radius 2 is 1.79 bits per heavy atom. The first-order chi connectivity index (χ1) is 13.8. The van der Waals surface area contributed by atoms with Crippen molar-refractivity contribution in [2.24, 2.45) is 0 Å². The van der Waals surface area contributed by atoms with Gasteiger partial charge in [0.25, 0.3) is 0 Å². The van der Waals surface area contributed by atoms with Crippen molar-refractivity contribution in [2.45, 2.75) is 52.7 Å². The molecule has 3 rings (SSSR count). The Bertz CT molecular complexity index is 947. The molecule has 0 aromatic heterocycles. The molecular formula is C24H26FNO3. The molecule has 0 radical (unpaired) electrons. The lowest BCUT2D eigenvalue weighted by molar-refractivity contribution is -0.143. The number of esters is 1. The summed E-state index contributed by atoms with van der Waals surface area (Å²) in [6.45, 7) is 7.62. The molecule has 1 unspecified atom stereocenters. The van der Waals surface area contributed by atoms with Crippen molar-refractivity contribution in [2.75, 3.05) is 0 Å². The van der Waals surface area contributed by atoms with Gasteiger partial charge < -0.3 is 9.64 Å². The van der Waals surface area contributed by atoms with E-state index < -0.39 is 17.7 Å². The molecule has 1 aliphatic rings. The van der Waals surface area contributed by atoms with Gasteiger partial charge in [-0.1, -0.05) is 48.0 Å². The van der Waals surface area contributed by atoms with Crippen molar-refractivity contribution in [3.05, 3.63) is 82.3 Å². The lowest BCUT2D eigenvalue weighted by Crippen LogP contribution is -2.38. The predicted molar refractivity (Wildman–Crippen MR) is 109 cm³/mol. The standard InChI is InChI=1S/C24H26FNO3/c1-15(2)29-24(28)23-17(4)26(14-18-11-9-16(3)10-12-18)22(27)13-20(23)19-7-5-6-8-21(19)25/h5-12,15,20H,13-14H2,1-4H3. The molecule has 1 amide bonds. The van der Waals surface area contributed by atoms with Gasteiger partial charge in [0.05, 0.1) is 18.2 Å². The van der Waals surface area contributed by atoms with Crippen LogP contribution in [0.3, 0.4) is 0 Å². The number of nitrogens with zero attached hydrogens (tertiary/aromatic N) is 1. The Labute approximate surface area is 171 Å². The zero-order chi connectivity index (χ0) is 21.1. The van der Waals surface area contributed by atoms with Gasteiger partial charge in [-0.2, -0.15) is 0 Å². The maximum absolute atomic E-state index is 14.5. The fourth-order valence-electron chi connectivity index (χ4n) is 3.64. The number of rotatable bonds is 5. The highest BCUT2D eigenvalue weighted by molar-refractivity contribution is 5.96. The monoisotopic (exact) mass is 395 g/mol. The number of carbonyl (C=O) groups is 2. The minimum Gasteiger partial charge on any atom is -0.460 e. The van der Waals surface area contributed by atoms with Crippen molar-refractivity contribution >= 4 is 11.9 Å². The number of aryl methyl sites for hydroxylation is 1. The summed E-state index contributed by atoms with van der Waals surface area (Å²) in [7, 11) is 0. The molecule has 4 nitrogen and oxygen atoms in total. The smallest absolute Gasteiger partial charge is 0.336 e. The van der Waals surface area contributed by atoms with Gasteiger partial charge in [0.1, 0.15) is 5.82 Å². The molecule has 0 N–H and O–H groups in total. The second kappa shape index (κ2) is 8.60. The lowest BCUT2D eigenvalue weighted by atomic mass is 9.83. The third-order valence-corrected chi connectivity index (χ3v) is 5.13. The summed E-state index contributed by atoms with van der Waals surface area (Å²) in [6, 6.07) is 14.2. The van der Waals surface area contributed by atoms with Crippen LogP contribution in [0.1, 0.15) is 49.8 Å². The minimum atomic E-state index is -0.663. The van der Waals surface area contributed by atoms with Crippen LogP contribution in [-0.4, -0.2) is 22.9 Å². The molecule has 0 fully saturated rings. The van der Waals surface area contributed by atoms with E-state index in [0.29, 0.717) is 23.4 Å². The summed E-state index contributed by atoms with van der Waals surface area (Å²) in [5, 5.41) is 0. The van der Waals surface area contributed by atoms with Gasteiger partial charge in [0.15, 0.2) is 0 Å². The Balaban J connectivity index is 2.04. The largest absolute Gasteiger partial charge is 0.460 e. The first-order valence-electron chi connectivity index (χ1n) is 9.80. The highest BCUT2D eigenvalue weighted by atomic mass is 19.1. The number of hydrogen-bond acceptors (Lipinski definition) is 3. The zero-order valence-corrected chi connectivity index (χ0v) is 17.2. The molecule has 0 saturated carbocycles. The number of halogens is 1. The van der Waals surface area contributed by atoms with Crippen molar-refractivity contribution in [1.29, 1.82) is 0 Å². The van der Waals surface area contributed by atoms with Gasteiger partial charge in [-0.3, -0.25) is 4.79 Å². The van der Waals surface area contributed by atoms with Gasteiger partial charge in [0, 0.05) is 18.0 Å². The fourth-order valence-corrected chi connectivity index (χ4v) is 3.64. The van der Waals surface area contributed by atoms with E-state index in [1.165, 1.54) is 6.07 Å². The summed E-state index contributed by atoms with van der Waals surface area (Å²) < 4.78 is 20.0. The quantitative estimate of drug-likeness (QED) is 0.678. The Hall–Kier alpha value is -2.95. The van der Waals surface area contributed by atoms with E-state index in [0.717, 1.165) is 11.1 Å². The first kappa shape index (κ1) is 20.8. The lowest BCUT2D eigenvalue weighted by Gasteiger charge is -2.35. The van der Waals surface area contributed by atoms with Crippen LogP contribution in [0.15, 0.2) is 59.8 Å². The molecule has 0 bridgehead atoms. The molecule has 1 atom stereocenters. The fraction of sp³-hybridized carbons (Fsp3) is 0.333. The number of ether oxygens (including phenoxy) is 1. The molecule has 0 aliphatic carbocycles. The summed E-state index contributed by atoms with van der Waals surface area (Å²) in [5.41, 5.74) is 3.29. The Kier molecular flexibility index (Phi) is 6.16. The highest BCUT2D eigenvalue weighted by Crippen LogP contribution is 2.38. The molecule has 2 aromatic rings. The Morgan fingerprint density at radius 1 is 1.14 bits per heavy atom. The van der Waals surface area contributed by atoms with Gasteiger partial charge in [-0.05, 0) is 44.9 Å². The van der Waals surface area contributed by atoms with Gasteiger partial charge in [-0.15, -0.1) is 0 Å². The number of hydrogen-bond donors (Lipinski definition) is 0. The average molecular weight is 395 g/mol. The van der Waals surface area contributed by atoms with Gasteiger partial charge in [-0.25, -0.2) is 9.18 Å². The second-order valence-electron chi connectivity index (χ2n) is 7.70. The number of carbonyl (C=O) groups excluding carboxylic acids is 2. The van der Waals surface area contributed by atoms with E-state index in [1.807, 2.05) is 31.2 Å². The summed E-state index contributed by atoms with van der Waals surface area (Å²) in [6.07, 6.45) is -0.292. The first-order valence-corrected chi connectivity index (χ1v) is 9.80. The molecule has 0 saturated heterocycles. The van der Waals surface area contributed by atoms with Crippen molar-refractivity contribution < 1.29 is 18.7 Å². The highest BCUT2D eigenvalue weighted by Gasteiger charge is 2.38. The number of benzene rings is 2. The molecule has 152 valence electrons. The third kappa shape index (κ3) is 4.56. The predicted octanol–water partition coefficient (Wildman–Crippen LogP) is 4.88. The van der Waals surface area contributed by atoms with Crippen LogP contribution >= 0.6 is 0 Å². The van der Waals surface area contributed by atoms with Crippen molar-refractivity contribution in [3.63, 3.8) is 0 Å². The molecule has 5 heteroatoms. The van der Waals surface area contributed by atoms with E-state index in [-0.39, 0.29) is 18.4 Å². The van der Waals surface area contributed by atoms with Crippen molar-refractivity contribution in [3.8, 4) is 0 Å². The van der Waals surface area contributed by atoms with E-state index in [9.17, 15) is 14.0 Å². The summed E-state index contributed by atoms with van der Waals surface area (Å²) in [4.78, 5) is 27.5. The van der Waals surface area contributed by atoms with Crippen LogP contribution in [0.2, 0.25) is 0 Å². The van der Waals surface area contributed by atoms with E-state index >= 15 is 0 Å². The second-order valence-corrected chi connectivity index (χ2v) is 7.70. The molecule has 1 aliphatic heterocycles. The maximum Gasteiger partial charge on any atom is 0.336 e. The molecule has 1 heterocycles. The normalized spacial score (nSPS) is 17.1. The van der Waals surface area contributed by atoms with E-state index in [1.54, 1.807) is 43.9 Å². The third-order valence-electron chi connectivity index (χ3n) is 5.13. The number of amides is 1. The van der Waals surface area contributed by atoms with Crippen LogP contribution in [0.25, 0.3) is 0 Å². The van der Waals surface area contributed by atoms with Gasteiger partial charge >= 0.3 is 5.97 Å². The zero-order valence-electron chi connectivity index (χ0n) is 17.2. The number of allylic oxidation sites excluding steroid dienone is 1. The molecule has 0 spiro atoms. The topological polar surface area (TPSA) is 46.6 Å². The van der Waals surface area contributed by atoms with E-state index in [4.69, 9.17) is 4.74 Å². The SMILES string of the molecule is CC1=C(C(=O)OC(C)C)C(c2ccccc2F)CC(=O)N1Cc1ccc(C)cc1. The molecular weight excluding hydrogens is 369 g/mol. The van der Waals surface area contributed by atoms with Crippen molar-refractivity contribution in [1.82, 2.24) is 4.90 Å². The average Bonchev–Trinajstić information content (AvgIpc) is 2.66. The van der Waals surface area contributed by atoms with Crippen LogP contribution in [0.4, 0.5) is 4.39 Å². The van der Waals surface area contributed by atoms with Gasteiger partial charge in [0.2, 0.25) is 5.91 Å². The van der Waals surface area contributed by atoms with Crippen LogP contribution in [0, 0.1) is 12.7 Å². The summed E-state index contributed by atoms with van der Waals surface area (Å²) in [5.74, 6) is -1.74. The van der Waals surface area contributed by atoms with Crippen LogP contribution in [0.5, 0.6) is 0 Å². The molecule has 29 heavy (non-hydrogen) atoms. The van der Waals surface area contributed by atoms with E-state index in [2.05, 4.69) is 0 Å². The Morgan fingerprint density at radius 3 is 2.41 bits per heavy atom.